The molecule has 2 aromatic carbocycles. The monoisotopic (exact) mass is 411 g/mol. The van der Waals surface area contributed by atoms with Gasteiger partial charge in [0.1, 0.15) is 6.54 Å². The van der Waals surface area contributed by atoms with Crippen molar-refractivity contribution < 1.29 is 27.5 Å². The number of hydrogen-bond acceptors (Lipinski definition) is 3. The molecule has 0 aliphatic heterocycles. The van der Waals surface area contributed by atoms with Gasteiger partial charge in [-0.2, -0.15) is 13.2 Å². The van der Waals surface area contributed by atoms with Crippen molar-refractivity contribution in [2.45, 2.75) is 25.1 Å². The lowest BCUT2D eigenvalue weighted by atomic mass is 10.0. The lowest BCUT2D eigenvalue weighted by Crippen LogP contribution is -2.41. The van der Waals surface area contributed by atoms with E-state index in [1.54, 1.807) is 24.3 Å². The first-order chi connectivity index (χ1) is 13.2. The van der Waals surface area contributed by atoms with Crippen LogP contribution in [0, 0.1) is 0 Å². The first-order valence-electron chi connectivity index (χ1n) is 8.54. The Kier molecular flexibility index (Phi) is 5.65. The topological polar surface area (TPSA) is 46.6 Å². The van der Waals surface area contributed by atoms with Crippen molar-refractivity contribution in [3.63, 3.8) is 0 Å². The average Bonchev–Trinajstić information content (AvgIpc) is 3.07. The number of benzene rings is 2. The fourth-order valence-electron chi connectivity index (χ4n) is 3.46. The number of aryl methyl sites for hydroxylation is 1. The predicted molar refractivity (Wildman–Crippen MR) is 97.4 cm³/mol. The predicted octanol–water partition coefficient (Wildman–Crippen LogP) is 4.82. The number of fused-ring (bicyclic) bond motifs is 1. The van der Waals surface area contributed by atoms with Gasteiger partial charge in [-0.3, -0.25) is 4.79 Å². The Labute approximate surface area is 164 Å². The highest BCUT2D eigenvalue weighted by molar-refractivity contribution is 6.33. The van der Waals surface area contributed by atoms with Gasteiger partial charge in [0.05, 0.1) is 29.3 Å². The summed E-state index contributed by atoms with van der Waals surface area (Å²) < 4.78 is 44.5. The van der Waals surface area contributed by atoms with Gasteiger partial charge in [-0.1, -0.05) is 29.8 Å². The number of carbonyl (C=O) groups is 2. The first-order valence-corrected chi connectivity index (χ1v) is 8.92. The van der Waals surface area contributed by atoms with Crippen molar-refractivity contribution in [3.8, 4) is 0 Å². The molecule has 0 heterocycles. The number of hydrogen-bond donors (Lipinski definition) is 0. The first kappa shape index (κ1) is 20.2. The largest absolute Gasteiger partial charge is 0.465 e. The Hall–Kier alpha value is -2.54. The summed E-state index contributed by atoms with van der Waals surface area (Å²) in [4.78, 5) is 25.6. The van der Waals surface area contributed by atoms with E-state index in [-0.39, 0.29) is 16.1 Å². The fourth-order valence-corrected chi connectivity index (χ4v) is 3.67. The van der Waals surface area contributed by atoms with Crippen LogP contribution < -0.4 is 0 Å². The molecule has 0 N–H and O–H groups in total. The summed E-state index contributed by atoms with van der Waals surface area (Å²) in [5, 5.41) is 0.0845. The van der Waals surface area contributed by atoms with Crippen molar-refractivity contribution in [1.29, 1.82) is 0 Å². The minimum atomic E-state index is -4.58. The van der Waals surface area contributed by atoms with Crippen LogP contribution in [0.25, 0.3) is 0 Å². The molecule has 0 spiro atoms. The van der Waals surface area contributed by atoms with Gasteiger partial charge in [-0.25, -0.2) is 4.79 Å². The fraction of sp³-hybridized carbons (Fsp3) is 0.300. The summed E-state index contributed by atoms with van der Waals surface area (Å²) >= 11 is 6.04. The molecule has 8 heteroatoms. The standard InChI is InChI=1S/C20H17ClF3NO3/c1-28-19(27)13-7-6-12-8-9-17(15(12)10-13)25(11-20(22,23)24)18(26)14-4-2-3-5-16(14)21/h2-7,10,17H,8-9,11H2,1H3/t17-/m1/s1. The molecule has 28 heavy (non-hydrogen) atoms. The summed E-state index contributed by atoms with van der Waals surface area (Å²) in [5.74, 6) is -1.39. The van der Waals surface area contributed by atoms with Crippen LogP contribution >= 0.6 is 11.6 Å². The van der Waals surface area contributed by atoms with Crippen LogP contribution in [0.15, 0.2) is 42.5 Å². The molecule has 3 rings (SSSR count). The van der Waals surface area contributed by atoms with Gasteiger partial charge in [0.15, 0.2) is 0 Å². The quantitative estimate of drug-likeness (QED) is 0.678. The normalized spacial score (nSPS) is 15.8. The molecular formula is C20H17ClF3NO3. The molecule has 0 saturated heterocycles. The van der Waals surface area contributed by atoms with Crippen molar-refractivity contribution in [3.05, 3.63) is 69.7 Å². The van der Waals surface area contributed by atoms with Gasteiger partial charge in [-0.05, 0) is 48.2 Å². The van der Waals surface area contributed by atoms with E-state index in [0.29, 0.717) is 18.4 Å². The smallest absolute Gasteiger partial charge is 0.406 e. The zero-order valence-corrected chi connectivity index (χ0v) is 15.7. The molecule has 0 fully saturated rings. The highest BCUT2D eigenvalue weighted by Gasteiger charge is 2.40. The van der Waals surface area contributed by atoms with Crippen molar-refractivity contribution in [2.24, 2.45) is 0 Å². The number of alkyl halides is 3. The number of esters is 1. The van der Waals surface area contributed by atoms with Gasteiger partial charge < -0.3 is 9.64 Å². The molecule has 0 unspecified atom stereocenters. The highest BCUT2D eigenvalue weighted by Crippen LogP contribution is 2.39. The third-order valence-electron chi connectivity index (χ3n) is 4.70. The molecular weight excluding hydrogens is 395 g/mol. The van der Waals surface area contributed by atoms with Gasteiger partial charge >= 0.3 is 12.1 Å². The molecule has 0 radical (unpaired) electrons. The maximum atomic E-state index is 13.3. The van der Waals surface area contributed by atoms with Gasteiger partial charge in [0.2, 0.25) is 0 Å². The summed E-state index contributed by atoms with van der Waals surface area (Å²) in [5.41, 5.74) is 1.56. The summed E-state index contributed by atoms with van der Waals surface area (Å²) in [7, 11) is 1.23. The molecule has 0 aromatic heterocycles. The molecule has 1 aliphatic rings. The highest BCUT2D eigenvalue weighted by atomic mass is 35.5. The van der Waals surface area contributed by atoms with Crippen LogP contribution in [0.3, 0.4) is 0 Å². The molecule has 1 aliphatic carbocycles. The number of rotatable bonds is 4. The van der Waals surface area contributed by atoms with Gasteiger partial charge in [0, 0.05) is 0 Å². The van der Waals surface area contributed by atoms with E-state index in [9.17, 15) is 22.8 Å². The van der Waals surface area contributed by atoms with Crippen LogP contribution in [0.1, 0.15) is 44.3 Å². The van der Waals surface area contributed by atoms with E-state index in [1.165, 1.54) is 25.3 Å². The molecule has 0 saturated carbocycles. The van der Waals surface area contributed by atoms with Gasteiger partial charge in [0.25, 0.3) is 5.91 Å². The van der Waals surface area contributed by atoms with Crippen LogP contribution in [0.5, 0.6) is 0 Å². The van der Waals surface area contributed by atoms with E-state index in [0.717, 1.165) is 10.5 Å². The number of methoxy groups -OCH3 is 1. The SMILES string of the molecule is COC(=O)c1ccc2c(c1)[C@H](N(CC(F)(F)F)C(=O)c1ccccc1Cl)CC2. The number of ether oxygens (including phenoxy) is 1. The lowest BCUT2D eigenvalue weighted by Gasteiger charge is -2.31. The summed E-state index contributed by atoms with van der Waals surface area (Å²) in [6.07, 6.45) is -3.75. The number of amides is 1. The number of nitrogens with zero attached hydrogens (tertiary/aromatic N) is 1. The molecule has 0 bridgehead atoms. The Morgan fingerprint density at radius 1 is 1.21 bits per heavy atom. The summed E-state index contributed by atoms with van der Waals surface area (Å²) in [6.45, 7) is -1.41. The van der Waals surface area contributed by atoms with E-state index < -0.39 is 30.6 Å². The third kappa shape index (κ3) is 4.14. The molecule has 148 valence electrons. The van der Waals surface area contributed by atoms with Crippen molar-refractivity contribution in [2.75, 3.05) is 13.7 Å². The minimum absolute atomic E-state index is 0.00555. The average molecular weight is 412 g/mol. The van der Waals surface area contributed by atoms with E-state index in [4.69, 9.17) is 11.6 Å². The lowest BCUT2D eigenvalue weighted by molar-refractivity contribution is -0.144. The third-order valence-corrected chi connectivity index (χ3v) is 5.03. The zero-order chi connectivity index (χ0) is 20.5. The summed E-state index contributed by atoms with van der Waals surface area (Å²) in [6, 6.07) is 9.94. The van der Waals surface area contributed by atoms with Gasteiger partial charge in [-0.15, -0.1) is 0 Å². The Bertz CT molecular complexity index is 914. The van der Waals surface area contributed by atoms with Crippen LogP contribution in [-0.4, -0.2) is 36.6 Å². The maximum absolute atomic E-state index is 13.3. The minimum Gasteiger partial charge on any atom is -0.465 e. The molecule has 1 amide bonds. The second-order valence-corrected chi connectivity index (χ2v) is 6.89. The maximum Gasteiger partial charge on any atom is 0.406 e. The van der Waals surface area contributed by atoms with E-state index in [2.05, 4.69) is 4.74 Å². The second-order valence-electron chi connectivity index (χ2n) is 6.49. The molecule has 1 atom stereocenters. The second kappa shape index (κ2) is 7.83. The van der Waals surface area contributed by atoms with Crippen LogP contribution in [0.2, 0.25) is 5.02 Å². The van der Waals surface area contributed by atoms with Crippen LogP contribution in [0.4, 0.5) is 13.2 Å². The van der Waals surface area contributed by atoms with E-state index in [1.807, 2.05) is 0 Å². The van der Waals surface area contributed by atoms with Crippen molar-refractivity contribution >= 4 is 23.5 Å². The molecule has 4 nitrogen and oxygen atoms in total. The number of halogens is 4. The molecule has 2 aromatic rings. The van der Waals surface area contributed by atoms with E-state index >= 15 is 0 Å². The Morgan fingerprint density at radius 2 is 1.93 bits per heavy atom. The Morgan fingerprint density at radius 3 is 2.57 bits per heavy atom. The number of carbonyl (C=O) groups excluding carboxylic acids is 2. The van der Waals surface area contributed by atoms with Crippen LogP contribution in [-0.2, 0) is 11.2 Å². The zero-order valence-electron chi connectivity index (χ0n) is 14.9. The Balaban J connectivity index is 2.03. The van der Waals surface area contributed by atoms with Crippen molar-refractivity contribution in [1.82, 2.24) is 4.90 Å².